The van der Waals surface area contributed by atoms with Crippen LogP contribution >= 0.6 is 0 Å². The number of rotatable bonds is 8. The Hall–Kier alpha value is -1.62. The zero-order chi connectivity index (χ0) is 15.0. The number of amides is 1. The summed E-state index contributed by atoms with van der Waals surface area (Å²) in [6.45, 7) is 4.65. The van der Waals surface area contributed by atoms with E-state index in [0.717, 1.165) is 25.0 Å². The third kappa shape index (κ3) is 4.81. The van der Waals surface area contributed by atoms with E-state index in [-0.39, 0.29) is 11.9 Å². The highest BCUT2D eigenvalue weighted by Gasteiger charge is 2.14. The number of ether oxygens (including phenoxy) is 1. The van der Waals surface area contributed by atoms with Crippen molar-refractivity contribution in [1.82, 2.24) is 10.3 Å². The number of nitrogens with one attached hydrogen (secondary N) is 2. The van der Waals surface area contributed by atoms with Gasteiger partial charge in [-0.1, -0.05) is 20.3 Å². The SMILES string of the molecule is CCCC(COC)NC(=O)c1cc(CC)nc(NC)c1. The molecule has 0 aliphatic heterocycles. The Bertz CT molecular complexity index is 407. The monoisotopic (exact) mass is 279 g/mol. The van der Waals surface area contributed by atoms with E-state index in [1.165, 1.54) is 0 Å². The molecule has 1 unspecified atom stereocenters. The van der Waals surface area contributed by atoms with Crippen molar-refractivity contribution in [3.63, 3.8) is 0 Å². The molecule has 2 N–H and O–H groups in total. The molecule has 5 heteroatoms. The first kappa shape index (κ1) is 16.4. The highest BCUT2D eigenvalue weighted by molar-refractivity contribution is 5.95. The van der Waals surface area contributed by atoms with Gasteiger partial charge in [0.05, 0.1) is 12.6 Å². The first-order chi connectivity index (χ1) is 9.64. The van der Waals surface area contributed by atoms with Gasteiger partial charge in [0.25, 0.3) is 5.91 Å². The number of hydrogen-bond donors (Lipinski definition) is 2. The molecule has 0 spiro atoms. The summed E-state index contributed by atoms with van der Waals surface area (Å²) in [7, 11) is 3.45. The number of aryl methyl sites for hydroxylation is 1. The van der Waals surface area contributed by atoms with Gasteiger partial charge in [0.1, 0.15) is 5.82 Å². The minimum Gasteiger partial charge on any atom is -0.383 e. The average molecular weight is 279 g/mol. The molecular formula is C15H25N3O2. The van der Waals surface area contributed by atoms with Crippen LogP contribution in [0.1, 0.15) is 42.7 Å². The largest absolute Gasteiger partial charge is 0.383 e. The normalized spacial score (nSPS) is 12.0. The average Bonchev–Trinajstić information content (AvgIpc) is 2.47. The Balaban J connectivity index is 2.84. The molecule has 1 heterocycles. The number of methoxy groups -OCH3 is 1. The molecule has 0 bridgehead atoms. The van der Waals surface area contributed by atoms with E-state index in [2.05, 4.69) is 22.5 Å². The lowest BCUT2D eigenvalue weighted by atomic mass is 10.1. The van der Waals surface area contributed by atoms with Gasteiger partial charge in [-0.25, -0.2) is 4.98 Å². The molecule has 20 heavy (non-hydrogen) atoms. The van der Waals surface area contributed by atoms with Crippen molar-refractivity contribution in [2.24, 2.45) is 0 Å². The third-order valence-electron chi connectivity index (χ3n) is 3.10. The molecule has 5 nitrogen and oxygen atoms in total. The number of aromatic nitrogens is 1. The molecule has 112 valence electrons. The Morgan fingerprint density at radius 2 is 2.15 bits per heavy atom. The van der Waals surface area contributed by atoms with Gasteiger partial charge in [0.2, 0.25) is 0 Å². The molecule has 0 aliphatic rings. The van der Waals surface area contributed by atoms with Gasteiger partial charge >= 0.3 is 0 Å². The first-order valence-corrected chi connectivity index (χ1v) is 7.13. The third-order valence-corrected chi connectivity index (χ3v) is 3.10. The number of carbonyl (C=O) groups is 1. The molecule has 1 rings (SSSR count). The summed E-state index contributed by atoms with van der Waals surface area (Å²) >= 11 is 0. The Morgan fingerprint density at radius 3 is 2.70 bits per heavy atom. The Labute approximate surface area is 121 Å². The molecule has 0 aromatic carbocycles. The minimum absolute atomic E-state index is 0.0498. The molecule has 1 amide bonds. The zero-order valence-electron chi connectivity index (χ0n) is 12.8. The summed E-state index contributed by atoms with van der Waals surface area (Å²) in [4.78, 5) is 16.7. The van der Waals surface area contributed by atoms with Crippen molar-refractivity contribution in [2.75, 3.05) is 26.1 Å². The van der Waals surface area contributed by atoms with Crippen LogP contribution in [-0.4, -0.2) is 37.7 Å². The standard InChI is InChI=1S/C15H25N3O2/c1-5-7-13(10-20-4)18-15(19)11-8-12(6-2)17-14(9-11)16-3/h8-9,13H,5-7,10H2,1-4H3,(H,16,17)(H,18,19). The molecule has 1 atom stereocenters. The molecular weight excluding hydrogens is 254 g/mol. The zero-order valence-corrected chi connectivity index (χ0v) is 12.8. The summed E-state index contributed by atoms with van der Waals surface area (Å²) in [5, 5.41) is 6.00. The fourth-order valence-corrected chi connectivity index (χ4v) is 2.04. The maximum Gasteiger partial charge on any atom is 0.251 e. The quantitative estimate of drug-likeness (QED) is 0.766. The van der Waals surface area contributed by atoms with Crippen molar-refractivity contribution in [1.29, 1.82) is 0 Å². The van der Waals surface area contributed by atoms with Gasteiger partial charge in [-0.15, -0.1) is 0 Å². The second kappa shape index (κ2) is 8.53. The van der Waals surface area contributed by atoms with Crippen molar-refractivity contribution >= 4 is 11.7 Å². The summed E-state index contributed by atoms with van der Waals surface area (Å²) in [5.74, 6) is 0.641. The van der Waals surface area contributed by atoms with Crippen molar-refractivity contribution in [2.45, 2.75) is 39.2 Å². The number of carbonyl (C=O) groups excluding carboxylic acids is 1. The van der Waals surface area contributed by atoms with Gasteiger partial charge in [0, 0.05) is 25.4 Å². The smallest absolute Gasteiger partial charge is 0.251 e. The van der Waals surface area contributed by atoms with E-state index in [0.29, 0.717) is 18.0 Å². The number of anilines is 1. The van der Waals surface area contributed by atoms with Gasteiger partial charge < -0.3 is 15.4 Å². The van der Waals surface area contributed by atoms with E-state index >= 15 is 0 Å². The van der Waals surface area contributed by atoms with Crippen molar-refractivity contribution < 1.29 is 9.53 Å². The van der Waals surface area contributed by atoms with Crippen LogP contribution in [0.4, 0.5) is 5.82 Å². The van der Waals surface area contributed by atoms with Crippen LogP contribution in [0.2, 0.25) is 0 Å². The fraction of sp³-hybridized carbons (Fsp3) is 0.600. The fourth-order valence-electron chi connectivity index (χ4n) is 2.04. The van der Waals surface area contributed by atoms with Gasteiger partial charge in [0.15, 0.2) is 0 Å². The minimum atomic E-state index is -0.0749. The van der Waals surface area contributed by atoms with E-state index < -0.39 is 0 Å². The Kier molecular flexibility index (Phi) is 7.01. The topological polar surface area (TPSA) is 63.2 Å². The Morgan fingerprint density at radius 1 is 1.40 bits per heavy atom. The number of pyridine rings is 1. The summed E-state index contributed by atoms with van der Waals surface area (Å²) < 4.78 is 5.14. The van der Waals surface area contributed by atoms with Crippen LogP contribution in [0.3, 0.4) is 0 Å². The molecule has 0 saturated carbocycles. The number of hydrogen-bond acceptors (Lipinski definition) is 4. The first-order valence-electron chi connectivity index (χ1n) is 7.13. The second-order valence-electron chi connectivity index (χ2n) is 4.75. The van der Waals surface area contributed by atoms with E-state index in [9.17, 15) is 4.79 Å². The number of nitrogens with zero attached hydrogens (tertiary/aromatic N) is 1. The van der Waals surface area contributed by atoms with Crippen LogP contribution in [0.5, 0.6) is 0 Å². The predicted molar refractivity (Wildman–Crippen MR) is 81.2 cm³/mol. The molecule has 0 fully saturated rings. The van der Waals surface area contributed by atoms with Crippen molar-refractivity contribution in [3.05, 3.63) is 23.4 Å². The maximum atomic E-state index is 12.3. The van der Waals surface area contributed by atoms with Crippen molar-refractivity contribution in [3.8, 4) is 0 Å². The molecule has 0 aliphatic carbocycles. The lowest BCUT2D eigenvalue weighted by molar-refractivity contribution is 0.0891. The van der Waals surface area contributed by atoms with Gasteiger partial charge in [-0.2, -0.15) is 0 Å². The predicted octanol–water partition coefficient (Wildman–Crippen LogP) is 2.23. The maximum absolute atomic E-state index is 12.3. The highest BCUT2D eigenvalue weighted by atomic mass is 16.5. The molecule has 0 saturated heterocycles. The van der Waals surface area contributed by atoms with Crippen LogP contribution in [0, 0.1) is 0 Å². The summed E-state index contributed by atoms with van der Waals surface area (Å²) in [6.07, 6.45) is 2.71. The second-order valence-corrected chi connectivity index (χ2v) is 4.75. The molecule has 1 aromatic rings. The van der Waals surface area contributed by atoms with Gasteiger partial charge in [-0.05, 0) is 25.0 Å². The summed E-state index contributed by atoms with van der Waals surface area (Å²) in [6, 6.07) is 3.66. The lowest BCUT2D eigenvalue weighted by Crippen LogP contribution is -2.38. The molecule has 0 radical (unpaired) electrons. The van der Waals surface area contributed by atoms with Crippen LogP contribution in [0.25, 0.3) is 0 Å². The van der Waals surface area contributed by atoms with E-state index in [4.69, 9.17) is 4.74 Å². The van der Waals surface area contributed by atoms with E-state index in [1.807, 2.05) is 13.0 Å². The highest BCUT2D eigenvalue weighted by Crippen LogP contribution is 2.11. The summed E-state index contributed by atoms with van der Waals surface area (Å²) in [5.41, 5.74) is 1.54. The lowest BCUT2D eigenvalue weighted by Gasteiger charge is -2.17. The van der Waals surface area contributed by atoms with E-state index in [1.54, 1.807) is 20.2 Å². The van der Waals surface area contributed by atoms with Crippen LogP contribution in [0.15, 0.2) is 12.1 Å². The molecule has 1 aromatic heterocycles. The van der Waals surface area contributed by atoms with Crippen LogP contribution in [-0.2, 0) is 11.2 Å². The van der Waals surface area contributed by atoms with Crippen LogP contribution < -0.4 is 10.6 Å². The van der Waals surface area contributed by atoms with Gasteiger partial charge in [-0.3, -0.25) is 4.79 Å².